The van der Waals surface area contributed by atoms with E-state index in [4.69, 9.17) is 4.52 Å². The fourth-order valence-electron chi connectivity index (χ4n) is 2.58. The van der Waals surface area contributed by atoms with E-state index in [0.717, 1.165) is 12.6 Å². The minimum absolute atomic E-state index is 0.0121. The Bertz CT molecular complexity index is 678. The Balaban J connectivity index is 1.60. The van der Waals surface area contributed by atoms with Crippen LogP contribution in [0.1, 0.15) is 36.5 Å². The van der Waals surface area contributed by atoms with Crippen LogP contribution in [0.5, 0.6) is 0 Å². The number of hydrogen-bond donors (Lipinski definition) is 0. The predicted molar refractivity (Wildman–Crippen MR) is 83.0 cm³/mol. The molecule has 1 saturated heterocycles. The lowest BCUT2D eigenvalue weighted by Crippen LogP contribution is -2.47. The Labute approximate surface area is 141 Å². The van der Waals surface area contributed by atoms with E-state index in [-0.39, 0.29) is 6.04 Å². The van der Waals surface area contributed by atoms with Crippen LogP contribution in [-0.4, -0.2) is 46.2 Å². The van der Waals surface area contributed by atoms with Crippen molar-refractivity contribution in [1.82, 2.24) is 20.0 Å². The molecule has 1 atom stereocenters. The lowest BCUT2D eigenvalue weighted by atomic mass is 10.2. The predicted octanol–water partition coefficient (Wildman–Crippen LogP) is 2.99. The molecule has 2 aromatic heterocycles. The second-order valence-electron chi connectivity index (χ2n) is 5.61. The molecule has 3 rings (SSSR count). The van der Waals surface area contributed by atoms with E-state index < -0.39 is 11.1 Å². The summed E-state index contributed by atoms with van der Waals surface area (Å²) in [5, 5.41) is 4.32. The first-order valence-corrected chi connectivity index (χ1v) is 8.54. The second-order valence-corrected chi connectivity index (χ2v) is 6.62. The lowest BCUT2D eigenvalue weighted by Gasteiger charge is -2.36. The summed E-state index contributed by atoms with van der Waals surface area (Å²) in [5.41, 5.74) is 0. The minimum Gasteiger partial charge on any atom is -0.346 e. The molecular weight excluding hydrogens is 343 g/mol. The van der Waals surface area contributed by atoms with Crippen molar-refractivity contribution in [3.05, 3.63) is 22.8 Å². The molecular formula is C14H18F3N5OS. The summed E-state index contributed by atoms with van der Waals surface area (Å²) in [6.07, 6.45) is -2.71. The van der Waals surface area contributed by atoms with Gasteiger partial charge in [-0.15, -0.1) is 0 Å². The van der Waals surface area contributed by atoms with Gasteiger partial charge in [0.25, 0.3) is 0 Å². The molecule has 2 aromatic rings. The summed E-state index contributed by atoms with van der Waals surface area (Å²) in [4.78, 5) is 11.7. The Morgan fingerprint density at radius 3 is 2.54 bits per heavy atom. The molecule has 1 aliphatic rings. The number of alkyl halides is 3. The third kappa shape index (κ3) is 3.54. The van der Waals surface area contributed by atoms with E-state index in [9.17, 15) is 13.2 Å². The number of thiazole rings is 1. The zero-order valence-corrected chi connectivity index (χ0v) is 14.2. The van der Waals surface area contributed by atoms with Gasteiger partial charge in [-0.25, -0.2) is 4.98 Å². The Kier molecular flexibility index (Phi) is 4.77. The number of aryl methyl sites for hydroxylation is 1. The molecule has 0 amide bonds. The van der Waals surface area contributed by atoms with Crippen molar-refractivity contribution in [2.24, 2.45) is 0 Å². The molecule has 0 radical (unpaired) electrons. The standard InChI is InChI=1S/C14H18F3N5OS/c1-3-11-19-12(23-20-11)9(2)21-4-6-22(7-5-21)13-18-8-10(24-13)14(15,16)17/h8-9H,3-7H2,1-2H3. The highest BCUT2D eigenvalue weighted by molar-refractivity contribution is 7.15. The summed E-state index contributed by atoms with van der Waals surface area (Å²) in [6, 6.07) is -0.0121. The van der Waals surface area contributed by atoms with Gasteiger partial charge in [-0.1, -0.05) is 23.4 Å². The minimum atomic E-state index is -4.33. The van der Waals surface area contributed by atoms with Gasteiger partial charge in [-0.3, -0.25) is 4.90 Å². The molecule has 0 spiro atoms. The fraction of sp³-hybridized carbons (Fsp3) is 0.643. The van der Waals surface area contributed by atoms with Gasteiger partial charge in [-0.05, 0) is 6.92 Å². The van der Waals surface area contributed by atoms with Crippen LogP contribution in [0.2, 0.25) is 0 Å². The smallest absolute Gasteiger partial charge is 0.346 e. The molecule has 0 N–H and O–H groups in total. The fourth-order valence-corrected chi connectivity index (χ4v) is 3.41. The van der Waals surface area contributed by atoms with Crippen molar-refractivity contribution in [2.45, 2.75) is 32.5 Å². The van der Waals surface area contributed by atoms with Crippen molar-refractivity contribution in [1.29, 1.82) is 0 Å². The molecule has 10 heteroatoms. The van der Waals surface area contributed by atoms with Crippen LogP contribution in [0, 0.1) is 0 Å². The number of halogens is 3. The first-order valence-electron chi connectivity index (χ1n) is 7.73. The molecule has 3 heterocycles. The average molecular weight is 361 g/mol. The van der Waals surface area contributed by atoms with Crippen molar-refractivity contribution < 1.29 is 17.7 Å². The largest absolute Gasteiger partial charge is 0.427 e. The Morgan fingerprint density at radius 1 is 1.29 bits per heavy atom. The normalized spacial score (nSPS) is 18.1. The van der Waals surface area contributed by atoms with Gasteiger partial charge in [0.05, 0.1) is 12.2 Å². The number of rotatable bonds is 4. The number of anilines is 1. The molecule has 6 nitrogen and oxygen atoms in total. The number of piperazine rings is 1. The maximum absolute atomic E-state index is 12.7. The van der Waals surface area contributed by atoms with Crippen LogP contribution in [0.3, 0.4) is 0 Å². The van der Waals surface area contributed by atoms with E-state index in [1.807, 2.05) is 18.7 Å². The summed E-state index contributed by atoms with van der Waals surface area (Å²) in [6.45, 7) is 6.58. The highest BCUT2D eigenvalue weighted by Gasteiger charge is 2.34. The van der Waals surface area contributed by atoms with Crippen LogP contribution in [0.25, 0.3) is 0 Å². The average Bonchev–Trinajstić information content (AvgIpc) is 3.23. The van der Waals surface area contributed by atoms with Crippen LogP contribution < -0.4 is 4.90 Å². The van der Waals surface area contributed by atoms with Crippen molar-refractivity contribution in [2.75, 3.05) is 31.1 Å². The Morgan fingerprint density at radius 2 is 2.00 bits per heavy atom. The van der Waals surface area contributed by atoms with Crippen molar-refractivity contribution >= 4 is 16.5 Å². The molecule has 1 aliphatic heterocycles. The van der Waals surface area contributed by atoms with Crippen molar-refractivity contribution in [3.63, 3.8) is 0 Å². The number of hydrogen-bond acceptors (Lipinski definition) is 7. The maximum Gasteiger partial charge on any atom is 0.427 e. The topological polar surface area (TPSA) is 58.3 Å². The highest BCUT2D eigenvalue weighted by atomic mass is 32.1. The molecule has 0 aromatic carbocycles. The van der Waals surface area contributed by atoms with Gasteiger partial charge in [-0.2, -0.15) is 18.2 Å². The summed E-state index contributed by atoms with van der Waals surface area (Å²) < 4.78 is 43.3. The third-order valence-electron chi connectivity index (χ3n) is 4.06. The van der Waals surface area contributed by atoms with E-state index in [2.05, 4.69) is 20.0 Å². The van der Waals surface area contributed by atoms with E-state index in [0.29, 0.717) is 54.4 Å². The van der Waals surface area contributed by atoms with Crippen LogP contribution >= 0.6 is 11.3 Å². The SMILES string of the molecule is CCc1noc(C(C)N2CCN(c3ncc(C(F)(F)F)s3)CC2)n1. The van der Waals surface area contributed by atoms with Gasteiger partial charge < -0.3 is 9.42 Å². The molecule has 24 heavy (non-hydrogen) atoms. The first-order chi connectivity index (χ1) is 11.4. The van der Waals surface area contributed by atoms with Crippen LogP contribution in [0.15, 0.2) is 10.7 Å². The first kappa shape index (κ1) is 17.2. The molecule has 1 unspecified atom stereocenters. The van der Waals surface area contributed by atoms with Crippen molar-refractivity contribution in [3.8, 4) is 0 Å². The van der Waals surface area contributed by atoms with E-state index in [1.165, 1.54) is 0 Å². The van der Waals surface area contributed by atoms with E-state index >= 15 is 0 Å². The highest BCUT2D eigenvalue weighted by Crippen LogP contribution is 2.36. The van der Waals surface area contributed by atoms with Gasteiger partial charge in [0.2, 0.25) is 5.89 Å². The maximum atomic E-state index is 12.7. The molecule has 132 valence electrons. The molecule has 1 fully saturated rings. The van der Waals surface area contributed by atoms with Gasteiger partial charge in [0.1, 0.15) is 4.88 Å². The number of aromatic nitrogens is 3. The van der Waals surface area contributed by atoms with Gasteiger partial charge in [0.15, 0.2) is 11.0 Å². The molecule has 0 bridgehead atoms. The lowest BCUT2D eigenvalue weighted by molar-refractivity contribution is -0.134. The summed E-state index contributed by atoms with van der Waals surface area (Å²) in [5.74, 6) is 1.26. The van der Waals surface area contributed by atoms with Gasteiger partial charge in [0, 0.05) is 32.6 Å². The van der Waals surface area contributed by atoms with Gasteiger partial charge >= 0.3 is 6.18 Å². The summed E-state index contributed by atoms with van der Waals surface area (Å²) in [7, 11) is 0. The second kappa shape index (κ2) is 6.67. The quantitative estimate of drug-likeness (QED) is 0.834. The molecule has 0 saturated carbocycles. The van der Waals surface area contributed by atoms with Crippen LogP contribution in [0.4, 0.5) is 18.3 Å². The monoisotopic (exact) mass is 361 g/mol. The van der Waals surface area contributed by atoms with E-state index in [1.54, 1.807) is 0 Å². The van der Waals surface area contributed by atoms with Crippen LogP contribution in [-0.2, 0) is 12.6 Å². The zero-order valence-electron chi connectivity index (χ0n) is 13.4. The molecule has 0 aliphatic carbocycles. The third-order valence-corrected chi connectivity index (χ3v) is 5.17. The number of nitrogens with zero attached hydrogens (tertiary/aromatic N) is 5. The Hall–Kier alpha value is -1.68. The zero-order chi connectivity index (χ0) is 17.3. The summed E-state index contributed by atoms with van der Waals surface area (Å²) >= 11 is 0.689.